The second-order valence-electron chi connectivity index (χ2n) is 3.63. The van der Waals surface area contributed by atoms with Gasteiger partial charge in [-0.1, -0.05) is 11.6 Å². The number of ether oxygens (including phenoxy) is 1. The lowest BCUT2D eigenvalue weighted by Gasteiger charge is -2.08. The standard InChI is InChI=1S/C11H9ClFN3O3S/c1-19-9-3-2-7(4-8(9)13)20(17,18)16-11-6-14-10(12)5-15-11/h2-6H,1H3,(H,15,16). The summed E-state index contributed by atoms with van der Waals surface area (Å²) in [5.74, 6) is -0.849. The van der Waals surface area contributed by atoms with Gasteiger partial charge in [0, 0.05) is 0 Å². The summed E-state index contributed by atoms with van der Waals surface area (Å²) in [6, 6.07) is 3.29. The average molecular weight is 318 g/mol. The highest BCUT2D eigenvalue weighted by atomic mass is 35.5. The van der Waals surface area contributed by atoms with Crippen molar-refractivity contribution in [3.63, 3.8) is 0 Å². The van der Waals surface area contributed by atoms with Crippen molar-refractivity contribution in [2.45, 2.75) is 4.90 Å². The number of nitrogens with zero attached hydrogens (tertiary/aromatic N) is 2. The van der Waals surface area contributed by atoms with Crippen molar-refractivity contribution in [2.75, 3.05) is 11.8 Å². The maximum absolute atomic E-state index is 13.5. The van der Waals surface area contributed by atoms with E-state index in [0.717, 1.165) is 12.3 Å². The summed E-state index contributed by atoms with van der Waals surface area (Å²) in [5.41, 5.74) is 0. The van der Waals surface area contributed by atoms with Crippen LogP contribution in [0.2, 0.25) is 5.15 Å². The van der Waals surface area contributed by atoms with Crippen LogP contribution >= 0.6 is 11.6 Å². The highest BCUT2D eigenvalue weighted by Crippen LogP contribution is 2.22. The first-order chi connectivity index (χ1) is 9.42. The minimum absolute atomic E-state index is 0.0226. The van der Waals surface area contributed by atoms with Gasteiger partial charge in [0.05, 0.1) is 24.4 Å². The van der Waals surface area contributed by atoms with E-state index >= 15 is 0 Å². The number of halogens is 2. The van der Waals surface area contributed by atoms with Crippen LogP contribution in [0.4, 0.5) is 10.2 Å². The van der Waals surface area contributed by atoms with Gasteiger partial charge >= 0.3 is 0 Å². The lowest BCUT2D eigenvalue weighted by molar-refractivity contribution is 0.385. The van der Waals surface area contributed by atoms with E-state index in [0.29, 0.717) is 0 Å². The zero-order valence-corrected chi connectivity index (χ0v) is 11.7. The van der Waals surface area contributed by atoms with Gasteiger partial charge in [-0.15, -0.1) is 0 Å². The third kappa shape index (κ3) is 3.14. The van der Waals surface area contributed by atoms with Crippen molar-refractivity contribution in [3.05, 3.63) is 41.6 Å². The highest BCUT2D eigenvalue weighted by molar-refractivity contribution is 7.92. The molecule has 0 fully saturated rings. The zero-order valence-electron chi connectivity index (χ0n) is 10.2. The Morgan fingerprint density at radius 3 is 2.60 bits per heavy atom. The van der Waals surface area contributed by atoms with E-state index in [4.69, 9.17) is 16.3 Å². The lowest BCUT2D eigenvalue weighted by Crippen LogP contribution is -2.14. The predicted octanol–water partition coefficient (Wildman–Crippen LogP) is 2.08. The second kappa shape index (κ2) is 5.59. The van der Waals surface area contributed by atoms with Crippen molar-refractivity contribution in [2.24, 2.45) is 0 Å². The maximum atomic E-state index is 13.5. The smallest absolute Gasteiger partial charge is 0.263 e. The van der Waals surface area contributed by atoms with Gasteiger partial charge < -0.3 is 4.74 Å². The predicted molar refractivity (Wildman–Crippen MR) is 70.8 cm³/mol. The van der Waals surface area contributed by atoms with Crippen LogP contribution in [0.3, 0.4) is 0 Å². The quantitative estimate of drug-likeness (QED) is 0.933. The summed E-state index contributed by atoms with van der Waals surface area (Å²) in [4.78, 5) is 7.17. The van der Waals surface area contributed by atoms with Gasteiger partial charge in [-0.05, 0) is 18.2 Å². The second-order valence-corrected chi connectivity index (χ2v) is 5.70. The van der Waals surface area contributed by atoms with Crippen molar-refractivity contribution < 1.29 is 17.5 Å². The monoisotopic (exact) mass is 317 g/mol. The number of nitrogens with one attached hydrogen (secondary N) is 1. The van der Waals surface area contributed by atoms with Gasteiger partial charge in [-0.2, -0.15) is 0 Å². The molecule has 0 atom stereocenters. The van der Waals surface area contributed by atoms with Crippen LogP contribution in [0.1, 0.15) is 0 Å². The number of methoxy groups -OCH3 is 1. The number of hydrogen-bond acceptors (Lipinski definition) is 5. The Kier molecular flexibility index (Phi) is 4.05. The third-order valence-corrected chi connectivity index (χ3v) is 3.84. The molecule has 1 heterocycles. The van der Waals surface area contributed by atoms with E-state index in [-0.39, 0.29) is 21.6 Å². The van der Waals surface area contributed by atoms with Gasteiger partial charge in [-0.3, -0.25) is 4.72 Å². The van der Waals surface area contributed by atoms with Crippen LogP contribution in [-0.4, -0.2) is 25.5 Å². The van der Waals surface area contributed by atoms with Gasteiger partial charge in [-0.25, -0.2) is 22.8 Å². The molecule has 6 nitrogen and oxygen atoms in total. The normalized spacial score (nSPS) is 11.2. The Morgan fingerprint density at radius 2 is 2.05 bits per heavy atom. The first-order valence-corrected chi connectivity index (χ1v) is 7.12. The Morgan fingerprint density at radius 1 is 1.30 bits per heavy atom. The molecule has 0 saturated carbocycles. The summed E-state index contributed by atoms with van der Waals surface area (Å²) in [6.45, 7) is 0. The summed E-state index contributed by atoms with van der Waals surface area (Å²) < 4.78 is 44.4. The molecule has 9 heteroatoms. The summed E-state index contributed by atoms with van der Waals surface area (Å²) in [6.07, 6.45) is 2.34. The fourth-order valence-corrected chi connectivity index (χ4v) is 2.48. The number of sulfonamides is 1. The first-order valence-electron chi connectivity index (χ1n) is 5.26. The number of hydrogen-bond donors (Lipinski definition) is 1. The molecule has 0 saturated heterocycles. The molecule has 106 valence electrons. The summed E-state index contributed by atoms with van der Waals surface area (Å²) in [7, 11) is -2.68. The van der Waals surface area contributed by atoms with Crippen molar-refractivity contribution in [3.8, 4) is 5.75 Å². The van der Waals surface area contributed by atoms with Crippen molar-refractivity contribution >= 4 is 27.4 Å². The van der Waals surface area contributed by atoms with Gasteiger partial charge in [0.2, 0.25) is 0 Å². The minimum Gasteiger partial charge on any atom is -0.494 e. The van der Waals surface area contributed by atoms with Crippen LogP contribution in [0.15, 0.2) is 35.5 Å². The molecule has 0 radical (unpaired) electrons. The zero-order chi connectivity index (χ0) is 14.8. The molecular formula is C11H9ClFN3O3S. The molecule has 1 aromatic carbocycles. The van der Waals surface area contributed by atoms with Gasteiger partial charge in [0.1, 0.15) is 5.15 Å². The van der Waals surface area contributed by atoms with Crippen LogP contribution < -0.4 is 9.46 Å². The molecule has 1 N–H and O–H groups in total. The molecule has 1 aromatic heterocycles. The first kappa shape index (κ1) is 14.5. The van der Waals surface area contributed by atoms with E-state index < -0.39 is 15.8 Å². The van der Waals surface area contributed by atoms with E-state index in [9.17, 15) is 12.8 Å². The van der Waals surface area contributed by atoms with E-state index in [1.807, 2.05) is 0 Å². The Balaban J connectivity index is 2.30. The largest absolute Gasteiger partial charge is 0.494 e. The summed E-state index contributed by atoms with van der Waals surface area (Å²) >= 11 is 5.54. The fraction of sp³-hybridized carbons (Fsp3) is 0.0909. The minimum atomic E-state index is -3.96. The topological polar surface area (TPSA) is 81.2 Å². The molecule has 0 spiro atoms. The fourth-order valence-electron chi connectivity index (χ4n) is 1.38. The number of rotatable bonds is 4. The number of anilines is 1. The van der Waals surface area contributed by atoms with Crippen LogP contribution in [-0.2, 0) is 10.0 Å². The van der Waals surface area contributed by atoms with Gasteiger partial charge in [0.25, 0.3) is 10.0 Å². The SMILES string of the molecule is COc1ccc(S(=O)(=O)Nc2cnc(Cl)cn2)cc1F. The number of benzene rings is 1. The lowest BCUT2D eigenvalue weighted by atomic mass is 10.3. The third-order valence-electron chi connectivity index (χ3n) is 2.29. The Bertz CT molecular complexity index is 722. The van der Waals surface area contributed by atoms with E-state index in [1.165, 1.54) is 25.4 Å². The molecule has 2 rings (SSSR count). The summed E-state index contributed by atoms with van der Waals surface area (Å²) in [5, 5.41) is 0.128. The van der Waals surface area contributed by atoms with Crippen molar-refractivity contribution in [1.29, 1.82) is 0 Å². The van der Waals surface area contributed by atoms with Gasteiger partial charge in [0.15, 0.2) is 17.4 Å². The molecule has 0 aliphatic heterocycles. The Labute approximate surface area is 119 Å². The van der Waals surface area contributed by atoms with E-state index in [2.05, 4.69) is 14.7 Å². The number of aromatic nitrogens is 2. The molecule has 2 aromatic rings. The molecule has 20 heavy (non-hydrogen) atoms. The van der Waals surface area contributed by atoms with Crippen LogP contribution in [0.25, 0.3) is 0 Å². The van der Waals surface area contributed by atoms with Crippen LogP contribution in [0.5, 0.6) is 5.75 Å². The Hall–Kier alpha value is -1.93. The molecule has 0 amide bonds. The molecule has 0 unspecified atom stereocenters. The average Bonchev–Trinajstić information content (AvgIpc) is 2.41. The highest BCUT2D eigenvalue weighted by Gasteiger charge is 2.17. The maximum Gasteiger partial charge on any atom is 0.263 e. The molecule has 0 aliphatic carbocycles. The molecule has 0 bridgehead atoms. The van der Waals surface area contributed by atoms with Crippen molar-refractivity contribution in [1.82, 2.24) is 9.97 Å². The molecule has 0 aliphatic rings. The van der Waals surface area contributed by atoms with Crippen LogP contribution in [0, 0.1) is 5.82 Å². The van der Waals surface area contributed by atoms with E-state index in [1.54, 1.807) is 0 Å². The molecular weight excluding hydrogens is 309 g/mol.